The lowest BCUT2D eigenvalue weighted by Gasteiger charge is -2.09. The first-order chi connectivity index (χ1) is 9.27. The van der Waals surface area contributed by atoms with Gasteiger partial charge in [0.2, 0.25) is 0 Å². The first kappa shape index (κ1) is 14.0. The fourth-order valence-corrected chi connectivity index (χ4v) is 1.71. The number of hydrogen-bond donors (Lipinski definition) is 2. The van der Waals surface area contributed by atoms with E-state index in [9.17, 15) is 17.6 Å². The van der Waals surface area contributed by atoms with E-state index in [1.807, 2.05) is 0 Å². The molecule has 8 heteroatoms. The van der Waals surface area contributed by atoms with Gasteiger partial charge >= 0.3 is 6.18 Å². The van der Waals surface area contributed by atoms with Gasteiger partial charge in [0.15, 0.2) is 5.69 Å². The van der Waals surface area contributed by atoms with Gasteiger partial charge in [-0.25, -0.2) is 4.39 Å². The Morgan fingerprint density at radius 3 is 2.55 bits per heavy atom. The topological polar surface area (TPSA) is 67.7 Å². The molecule has 106 valence electrons. The quantitative estimate of drug-likeness (QED) is 0.517. The van der Waals surface area contributed by atoms with Crippen molar-refractivity contribution >= 4 is 5.84 Å². The van der Waals surface area contributed by atoms with Crippen LogP contribution in [0.25, 0.3) is 0 Å². The fraction of sp³-hybridized carbons (Fsp3) is 0.167. The third-order valence-electron chi connectivity index (χ3n) is 2.63. The number of hydrogen-bond acceptors (Lipinski definition) is 2. The standard InChI is InChI=1S/C12H10F4N4/c13-8-2-1-7(9(5-8)11(17)18)6-20-4-3-10(19-20)12(14,15)16/h1-5H,6H2,(H3,17,18). The second kappa shape index (κ2) is 4.95. The lowest BCUT2D eigenvalue weighted by atomic mass is 10.1. The predicted octanol–water partition coefficient (Wildman–Crippen LogP) is 2.37. The molecule has 2 aromatic rings. The summed E-state index contributed by atoms with van der Waals surface area (Å²) in [6.07, 6.45) is -3.35. The van der Waals surface area contributed by atoms with Crippen LogP contribution in [0.15, 0.2) is 30.5 Å². The van der Waals surface area contributed by atoms with Crippen LogP contribution in [0.5, 0.6) is 0 Å². The van der Waals surface area contributed by atoms with E-state index >= 15 is 0 Å². The zero-order chi connectivity index (χ0) is 14.9. The Morgan fingerprint density at radius 2 is 2.00 bits per heavy atom. The monoisotopic (exact) mass is 286 g/mol. The summed E-state index contributed by atoms with van der Waals surface area (Å²) >= 11 is 0. The first-order valence-electron chi connectivity index (χ1n) is 5.51. The van der Waals surface area contributed by atoms with Gasteiger partial charge in [0.1, 0.15) is 11.7 Å². The Morgan fingerprint density at radius 1 is 1.30 bits per heavy atom. The molecule has 0 amide bonds. The summed E-state index contributed by atoms with van der Waals surface area (Å²) in [6.45, 7) is -0.0364. The van der Waals surface area contributed by atoms with Crippen LogP contribution in [0, 0.1) is 11.2 Å². The number of nitrogens with two attached hydrogens (primary N) is 1. The molecule has 0 saturated carbocycles. The molecular weight excluding hydrogens is 276 g/mol. The Kier molecular flexibility index (Phi) is 3.47. The van der Waals surface area contributed by atoms with E-state index in [0.717, 1.165) is 29.1 Å². The van der Waals surface area contributed by atoms with Crippen molar-refractivity contribution in [3.05, 3.63) is 53.1 Å². The highest BCUT2D eigenvalue weighted by molar-refractivity contribution is 5.96. The maximum atomic E-state index is 13.1. The van der Waals surface area contributed by atoms with Crippen molar-refractivity contribution in [3.8, 4) is 0 Å². The van der Waals surface area contributed by atoms with Gasteiger partial charge in [-0.3, -0.25) is 10.1 Å². The van der Waals surface area contributed by atoms with E-state index in [1.165, 1.54) is 6.07 Å². The third kappa shape index (κ3) is 2.95. The molecule has 2 rings (SSSR count). The number of benzene rings is 1. The molecule has 4 nitrogen and oxygen atoms in total. The van der Waals surface area contributed by atoms with Gasteiger partial charge in [-0.2, -0.15) is 18.3 Å². The smallest absolute Gasteiger partial charge is 0.384 e. The van der Waals surface area contributed by atoms with Crippen LogP contribution in [0.3, 0.4) is 0 Å². The summed E-state index contributed by atoms with van der Waals surface area (Å²) in [5.41, 5.74) is 4.85. The Bertz CT molecular complexity index is 645. The predicted molar refractivity (Wildman–Crippen MR) is 63.7 cm³/mol. The molecule has 1 aromatic carbocycles. The van der Waals surface area contributed by atoms with E-state index in [0.29, 0.717) is 5.56 Å². The summed E-state index contributed by atoms with van der Waals surface area (Å²) < 4.78 is 51.4. The summed E-state index contributed by atoms with van der Waals surface area (Å²) in [4.78, 5) is 0. The van der Waals surface area contributed by atoms with Crippen molar-refractivity contribution in [3.63, 3.8) is 0 Å². The molecular formula is C12H10F4N4. The average molecular weight is 286 g/mol. The van der Waals surface area contributed by atoms with Crippen molar-refractivity contribution in [1.82, 2.24) is 9.78 Å². The molecule has 0 atom stereocenters. The first-order valence-corrected chi connectivity index (χ1v) is 5.51. The average Bonchev–Trinajstić information content (AvgIpc) is 2.79. The molecule has 3 N–H and O–H groups in total. The molecule has 0 unspecified atom stereocenters. The van der Waals surface area contributed by atoms with Gasteiger partial charge in [0.05, 0.1) is 6.54 Å². The van der Waals surface area contributed by atoms with Crippen LogP contribution in [-0.4, -0.2) is 15.6 Å². The van der Waals surface area contributed by atoms with Gasteiger partial charge in [-0.05, 0) is 23.8 Å². The Hall–Kier alpha value is -2.38. The highest BCUT2D eigenvalue weighted by Crippen LogP contribution is 2.27. The number of nitrogens with one attached hydrogen (secondary N) is 1. The normalized spacial score (nSPS) is 11.6. The minimum Gasteiger partial charge on any atom is -0.384 e. The second-order valence-corrected chi connectivity index (χ2v) is 4.11. The number of rotatable bonds is 3. The number of alkyl halides is 3. The van der Waals surface area contributed by atoms with Gasteiger partial charge < -0.3 is 5.73 Å². The van der Waals surface area contributed by atoms with Crippen molar-refractivity contribution in [2.24, 2.45) is 5.73 Å². The Labute approximate surface area is 111 Å². The molecule has 0 aliphatic heterocycles. The number of nitrogens with zero attached hydrogens (tertiary/aromatic N) is 2. The summed E-state index contributed by atoms with van der Waals surface area (Å²) in [7, 11) is 0. The maximum Gasteiger partial charge on any atom is 0.435 e. The lowest BCUT2D eigenvalue weighted by Crippen LogP contribution is -2.16. The molecule has 1 heterocycles. The summed E-state index contributed by atoms with van der Waals surface area (Å²) in [5.74, 6) is -0.932. The molecule has 0 radical (unpaired) electrons. The molecule has 1 aromatic heterocycles. The van der Waals surface area contributed by atoms with Crippen molar-refractivity contribution < 1.29 is 17.6 Å². The maximum absolute atomic E-state index is 13.1. The number of nitrogen functional groups attached to an aromatic ring is 1. The third-order valence-corrected chi connectivity index (χ3v) is 2.63. The van der Waals surface area contributed by atoms with E-state index in [2.05, 4.69) is 5.10 Å². The molecule has 0 saturated heterocycles. The SMILES string of the molecule is N=C(N)c1cc(F)ccc1Cn1ccc(C(F)(F)F)n1. The molecule has 20 heavy (non-hydrogen) atoms. The second-order valence-electron chi connectivity index (χ2n) is 4.11. The largest absolute Gasteiger partial charge is 0.435 e. The molecule has 0 bridgehead atoms. The number of amidine groups is 1. The minimum atomic E-state index is -4.52. The minimum absolute atomic E-state index is 0.0364. The van der Waals surface area contributed by atoms with Crippen LogP contribution < -0.4 is 5.73 Å². The van der Waals surface area contributed by atoms with E-state index < -0.39 is 17.7 Å². The molecule has 0 aliphatic rings. The van der Waals surface area contributed by atoms with Crippen molar-refractivity contribution in [2.75, 3.05) is 0 Å². The number of halogens is 4. The molecule has 0 spiro atoms. The van der Waals surface area contributed by atoms with Gasteiger partial charge in [0, 0.05) is 11.8 Å². The van der Waals surface area contributed by atoms with E-state index in [1.54, 1.807) is 0 Å². The highest BCUT2D eigenvalue weighted by Gasteiger charge is 2.33. The lowest BCUT2D eigenvalue weighted by molar-refractivity contribution is -0.141. The van der Waals surface area contributed by atoms with Crippen LogP contribution in [0.2, 0.25) is 0 Å². The zero-order valence-corrected chi connectivity index (χ0v) is 10.1. The number of aromatic nitrogens is 2. The van der Waals surface area contributed by atoms with Crippen LogP contribution in [0.4, 0.5) is 17.6 Å². The fourth-order valence-electron chi connectivity index (χ4n) is 1.71. The van der Waals surface area contributed by atoms with E-state index in [-0.39, 0.29) is 17.9 Å². The van der Waals surface area contributed by atoms with Gasteiger partial charge in [-0.15, -0.1) is 0 Å². The van der Waals surface area contributed by atoms with E-state index in [4.69, 9.17) is 11.1 Å². The van der Waals surface area contributed by atoms with Gasteiger partial charge in [-0.1, -0.05) is 6.07 Å². The zero-order valence-electron chi connectivity index (χ0n) is 10.1. The summed E-state index contributed by atoms with van der Waals surface area (Å²) in [6, 6.07) is 4.42. The highest BCUT2D eigenvalue weighted by atomic mass is 19.4. The summed E-state index contributed by atoms with van der Waals surface area (Å²) in [5, 5.41) is 10.7. The Balaban J connectivity index is 2.31. The van der Waals surface area contributed by atoms with Crippen LogP contribution >= 0.6 is 0 Å². The van der Waals surface area contributed by atoms with Crippen molar-refractivity contribution in [2.45, 2.75) is 12.7 Å². The van der Waals surface area contributed by atoms with Gasteiger partial charge in [0.25, 0.3) is 0 Å². The molecule has 0 aliphatic carbocycles. The van der Waals surface area contributed by atoms with Crippen molar-refractivity contribution in [1.29, 1.82) is 5.41 Å². The van der Waals surface area contributed by atoms with Crippen LogP contribution in [0.1, 0.15) is 16.8 Å². The molecule has 0 fully saturated rings. The van der Waals surface area contributed by atoms with Crippen LogP contribution in [-0.2, 0) is 12.7 Å².